The smallest absolute Gasteiger partial charge is 0.201 e. The van der Waals surface area contributed by atoms with E-state index in [2.05, 4.69) is 25.8 Å². The van der Waals surface area contributed by atoms with Gasteiger partial charge in [0, 0.05) is 6.04 Å². The number of halogens is 2. The van der Waals surface area contributed by atoms with Crippen LogP contribution in [0.3, 0.4) is 0 Å². The van der Waals surface area contributed by atoms with E-state index in [0.29, 0.717) is 21.9 Å². The van der Waals surface area contributed by atoms with Crippen LogP contribution >= 0.6 is 23.2 Å². The summed E-state index contributed by atoms with van der Waals surface area (Å²) in [5, 5.41) is 1.04. The predicted octanol–water partition coefficient (Wildman–Crippen LogP) is 4.92. The molecule has 0 saturated carbocycles. The summed E-state index contributed by atoms with van der Waals surface area (Å²) in [6.07, 6.45) is 2.22. The van der Waals surface area contributed by atoms with E-state index >= 15 is 0 Å². The lowest BCUT2D eigenvalue weighted by Crippen LogP contribution is -2.11. The van der Waals surface area contributed by atoms with Gasteiger partial charge in [-0.15, -0.1) is 0 Å². The van der Waals surface area contributed by atoms with Crippen molar-refractivity contribution in [3.8, 4) is 0 Å². The first-order chi connectivity index (χ1) is 8.93. The Morgan fingerprint density at radius 2 is 1.89 bits per heavy atom. The number of hydrogen-bond donors (Lipinski definition) is 1. The third-order valence-electron chi connectivity index (χ3n) is 3.64. The highest BCUT2D eigenvalue weighted by Gasteiger charge is 2.17. The molecule has 2 atom stereocenters. The van der Waals surface area contributed by atoms with E-state index in [1.807, 2.05) is 10.6 Å². The van der Waals surface area contributed by atoms with E-state index in [4.69, 9.17) is 28.9 Å². The van der Waals surface area contributed by atoms with E-state index in [0.717, 1.165) is 23.9 Å². The Kier molecular flexibility index (Phi) is 4.26. The van der Waals surface area contributed by atoms with Gasteiger partial charge in [-0.25, -0.2) is 4.98 Å². The molecule has 0 bridgehead atoms. The molecule has 2 N–H and O–H groups in total. The molecule has 0 saturated heterocycles. The zero-order chi connectivity index (χ0) is 14.2. The van der Waals surface area contributed by atoms with E-state index in [1.165, 1.54) is 0 Å². The molecule has 2 rings (SSSR count). The van der Waals surface area contributed by atoms with Crippen molar-refractivity contribution in [2.24, 2.45) is 5.92 Å². The van der Waals surface area contributed by atoms with Crippen LogP contribution in [0.1, 0.15) is 39.7 Å². The average Bonchev–Trinajstić information content (AvgIpc) is 2.65. The summed E-state index contributed by atoms with van der Waals surface area (Å²) in [6, 6.07) is 3.90. The van der Waals surface area contributed by atoms with Gasteiger partial charge in [-0.05, 0) is 31.4 Å². The number of benzene rings is 1. The van der Waals surface area contributed by atoms with Crippen LogP contribution in [0.4, 0.5) is 5.95 Å². The maximum absolute atomic E-state index is 6.09. The molecule has 2 unspecified atom stereocenters. The molecule has 0 aliphatic rings. The summed E-state index contributed by atoms with van der Waals surface area (Å²) in [5.41, 5.74) is 7.78. The number of nitrogens with two attached hydrogens (primary N) is 1. The second-order valence-electron chi connectivity index (χ2n) is 5.19. The fourth-order valence-electron chi connectivity index (χ4n) is 2.43. The molecule has 0 aliphatic carbocycles. The first kappa shape index (κ1) is 14.5. The third-order valence-corrected chi connectivity index (χ3v) is 4.36. The molecule has 19 heavy (non-hydrogen) atoms. The molecular weight excluding hydrogens is 281 g/mol. The van der Waals surface area contributed by atoms with Crippen molar-refractivity contribution >= 4 is 40.2 Å². The second-order valence-corrected chi connectivity index (χ2v) is 6.01. The van der Waals surface area contributed by atoms with Crippen molar-refractivity contribution in [2.45, 2.75) is 39.7 Å². The van der Waals surface area contributed by atoms with E-state index in [-0.39, 0.29) is 6.04 Å². The van der Waals surface area contributed by atoms with Crippen LogP contribution in [0.5, 0.6) is 0 Å². The molecule has 104 valence electrons. The number of rotatable bonds is 4. The van der Waals surface area contributed by atoms with Crippen molar-refractivity contribution in [1.29, 1.82) is 0 Å². The summed E-state index contributed by atoms with van der Waals surface area (Å²) in [6.45, 7) is 6.60. The van der Waals surface area contributed by atoms with Crippen molar-refractivity contribution in [1.82, 2.24) is 9.55 Å². The van der Waals surface area contributed by atoms with Gasteiger partial charge in [0.1, 0.15) is 0 Å². The van der Waals surface area contributed by atoms with Gasteiger partial charge in [0.05, 0.1) is 21.1 Å². The van der Waals surface area contributed by atoms with Crippen LogP contribution in [0.2, 0.25) is 10.0 Å². The average molecular weight is 300 g/mol. The molecule has 0 aliphatic heterocycles. The van der Waals surface area contributed by atoms with Gasteiger partial charge in [0.15, 0.2) is 0 Å². The molecule has 2 aromatic rings. The maximum Gasteiger partial charge on any atom is 0.201 e. The highest BCUT2D eigenvalue weighted by atomic mass is 35.5. The predicted molar refractivity (Wildman–Crippen MR) is 82.9 cm³/mol. The maximum atomic E-state index is 6.09. The van der Waals surface area contributed by atoms with Gasteiger partial charge < -0.3 is 10.3 Å². The van der Waals surface area contributed by atoms with Crippen molar-refractivity contribution < 1.29 is 0 Å². The quantitative estimate of drug-likeness (QED) is 0.870. The largest absolute Gasteiger partial charge is 0.369 e. The Hall–Kier alpha value is -0.930. The monoisotopic (exact) mass is 299 g/mol. The van der Waals surface area contributed by atoms with Gasteiger partial charge in [0.25, 0.3) is 0 Å². The Balaban J connectivity index is 2.47. The summed E-state index contributed by atoms with van der Waals surface area (Å²) >= 11 is 12.1. The van der Waals surface area contributed by atoms with E-state index < -0.39 is 0 Å². The zero-order valence-electron chi connectivity index (χ0n) is 11.5. The number of nitrogens with zero attached hydrogens (tertiary/aromatic N) is 2. The molecule has 0 spiro atoms. The number of hydrogen-bond acceptors (Lipinski definition) is 2. The lowest BCUT2D eigenvalue weighted by Gasteiger charge is -2.19. The number of fused-ring (bicyclic) bond motifs is 1. The minimum Gasteiger partial charge on any atom is -0.369 e. The van der Waals surface area contributed by atoms with Crippen LogP contribution < -0.4 is 5.73 Å². The third kappa shape index (κ3) is 2.82. The molecule has 1 heterocycles. The lowest BCUT2D eigenvalue weighted by molar-refractivity contribution is 0.407. The number of anilines is 1. The molecule has 3 nitrogen and oxygen atoms in total. The fraction of sp³-hybridized carbons (Fsp3) is 0.500. The Bertz CT molecular complexity index is 592. The lowest BCUT2D eigenvalue weighted by atomic mass is 10.00. The van der Waals surface area contributed by atoms with Crippen LogP contribution in [0, 0.1) is 5.92 Å². The Morgan fingerprint density at radius 1 is 1.26 bits per heavy atom. The SMILES string of the molecule is CCC(C)CC(C)n1c(N)nc2cc(Cl)c(Cl)cc21. The van der Waals surface area contributed by atoms with Gasteiger partial charge in [0.2, 0.25) is 5.95 Å². The topological polar surface area (TPSA) is 43.8 Å². The molecule has 1 aromatic heterocycles. The summed E-state index contributed by atoms with van der Waals surface area (Å²) < 4.78 is 2.05. The van der Waals surface area contributed by atoms with E-state index in [1.54, 1.807) is 6.07 Å². The van der Waals surface area contributed by atoms with Crippen molar-refractivity contribution in [3.63, 3.8) is 0 Å². The van der Waals surface area contributed by atoms with E-state index in [9.17, 15) is 0 Å². The molecule has 1 aromatic carbocycles. The second kappa shape index (κ2) is 5.59. The fourth-order valence-corrected chi connectivity index (χ4v) is 2.74. The first-order valence-electron chi connectivity index (χ1n) is 6.56. The standard InChI is InChI=1S/C14H19Cl2N3/c1-4-8(2)5-9(3)19-13-7-11(16)10(15)6-12(13)18-14(19)17/h6-9H,4-5H2,1-3H3,(H2,17,18). The van der Waals surface area contributed by atoms with Crippen molar-refractivity contribution in [2.75, 3.05) is 5.73 Å². The summed E-state index contributed by atoms with van der Waals surface area (Å²) in [4.78, 5) is 4.37. The zero-order valence-corrected chi connectivity index (χ0v) is 13.0. The van der Waals surface area contributed by atoms with Gasteiger partial charge in [-0.2, -0.15) is 0 Å². The highest BCUT2D eigenvalue weighted by Crippen LogP contribution is 2.32. The normalized spacial score (nSPS) is 14.8. The minimum absolute atomic E-state index is 0.289. The summed E-state index contributed by atoms with van der Waals surface area (Å²) in [7, 11) is 0. The number of aromatic nitrogens is 2. The Labute approximate surface area is 123 Å². The van der Waals surface area contributed by atoms with Crippen LogP contribution in [-0.2, 0) is 0 Å². The molecule has 5 heteroatoms. The Morgan fingerprint density at radius 3 is 2.53 bits per heavy atom. The highest BCUT2D eigenvalue weighted by molar-refractivity contribution is 6.42. The van der Waals surface area contributed by atoms with Crippen LogP contribution in [-0.4, -0.2) is 9.55 Å². The molecular formula is C14H19Cl2N3. The minimum atomic E-state index is 0.289. The van der Waals surface area contributed by atoms with Crippen LogP contribution in [0.25, 0.3) is 11.0 Å². The van der Waals surface area contributed by atoms with Gasteiger partial charge >= 0.3 is 0 Å². The molecule has 0 radical (unpaired) electrons. The summed E-state index contributed by atoms with van der Waals surface area (Å²) in [5.74, 6) is 1.17. The number of imidazole rings is 1. The van der Waals surface area contributed by atoms with Crippen molar-refractivity contribution in [3.05, 3.63) is 22.2 Å². The molecule has 0 amide bonds. The molecule has 0 fully saturated rings. The van der Waals surface area contributed by atoms with Gasteiger partial charge in [-0.3, -0.25) is 0 Å². The van der Waals surface area contributed by atoms with Crippen LogP contribution in [0.15, 0.2) is 12.1 Å². The van der Waals surface area contributed by atoms with Gasteiger partial charge in [-0.1, -0.05) is 43.5 Å². The number of nitrogen functional groups attached to an aromatic ring is 1. The first-order valence-corrected chi connectivity index (χ1v) is 7.32.